The molecule has 2 aromatic heterocycles. The standard InChI is InChI=1S/C22H24N4O3S/c1-14-18-20(30-19(14)15-7-3-2-4-8-15)23-13-26(21(18)28)12-11-17(27)25-22(29)24-16-9-5-6-10-16/h2-4,7-8,13,16H,5-6,9-12H2,1H3,(H2,24,25,27,29). The van der Waals surface area contributed by atoms with Crippen LogP contribution >= 0.6 is 11.3 Å². The average molecular weight is 425 g/mol. The highest BCUT2D eigenvalue weighted by atomic mass is 32.1. The van der Waals surface area contributed by atoms with Gasteiger partial charge in [0.25, 0.3) is 5.56 Å². The number of hydrogen-bond donors (Lipinski definition) is 2. The topological polar surface area (TPSA) is 93.1 Å². The van der Waals surface area contributed by atoms with E-state index in [1.807, 2.05) is 37.3 Å². The lowest BCUT2D eigenvalue weighted by Crippen LogP contribution is -2.43. The van der Waals surface area contributed by atoms with Crippen molar-refractivity contribution in [3.05, 3.63) is 52.6 Å². The van der Waals surface area contributed by atoms with Gasteiger partial charge >= 0.3 is 6.03 Å². The van der Waals surface area contributed by atoms with Crippen molar-refractivity contribution in [1.82, 2.24) is 20.2 Å². The maximum Gasteiger partial charge on any atom is 0.321 e. The molecule has 1 aliphatic carbocycles. The third-order valence-electron chi connectivity index (χ3n) is 5.48. The zero-order valence-electron chi connectivity index (χ0n) is 16.8. The average Bonchev–Trinajstić information content (AvgIpc) is 3.36. The smallest absolute Gasteiger partial charge is 0.321 e. The zero-order valence-corrected chi connectivity index (χ0v) is 17.6. The molecule has 156 valence electrons. The summed E-state index contributed by atoms with van der Waals surface area (Å²) in [5.41, 5.74) is 1.78. The van der Waals surface area contributed by atoms with Crippen molar-refractivity contribution in [1.29, 1.82) is 0 Å². The highest BCUT2D eigenvalue weighted by Crippen LogP contribution is 2.35. The summed E-state index contributed by atoms with van der Waals surface area (Å²) < 4.78 is 1.44. The van der Waals surface area contributed by atoms with Crippen LogP contribution in [0.25, 0.3) is 20.7 Å². The summed E-state index contributed by atoms with van der Waals surface area (Å²) >= 11 is 1.49. The minimum atomic E-state index is -0.464. The van der Waals surface area contributed by atoms with Crippen LogP contribution in [0.1, 0.15) is 37.7 Å². The van der Waals surface area contributed by atoms with Gasteiger partial charge in [0.1, 0.15) is 4.83 Å². The number of nitrogens with one attached hydrogen (secondary N) is 2. The highest BCUT2D eigenvalue weighted by Gasteiger charge is 2.19. The van der Waals surface area contributed by atoms with Crippen LogP contribution in [0.15, 0.2) is 41.5 Å². The molecule has 0 saturated heterocycles. The van der Waals surface area contributed by atoms with Gasteiger partial charge in [0, 0.05) is 23.9 Å². The van der Waals surface area contributed by atoms with Crippen LogP contribution in [0.5, 0.6) is 0 Å². The lowest BCUT2D eigenvalue weighted by Gasteiger charge is -2.12. The fraction of sp³-hybridized carbons (Fsp3) is 0.364. The summed E-state index contributed by atoms with van der Waals surface area (Å²) in [5, 5.41) is 5.75. The van der Waals surface area contributed by atoms with E-state index in [0.29, 0.717) is 10.2 Å². The van der Waals surface area contributed by atoms with E-state index in [4.69, 9.17) is 0 Å². The second-order valence-electron chi connectivity index (χ2n) is 7.60. The van der Waals surface area contributed by atoms with Crippen LogP contribution in [-0.2, 0) is 11.3 Å². The molecule has 0 bridgehead atoms. The fourth-order valence-corrected chi connectivity index (χ4v) is 5.03. The van der Waals surface area contributed by atoms with Crippen molar-refractivity contribution in [2.45, 2.75) is 51.6 Å². The summed E-state index contributed by atoms with van der Waals surface area (Å²) in [7, 11) is 0. The molecule has 3 amide bonds. The maximum absolute atomic E-state index is 13.0. The van der Waals surface area contributed by atoms with Crippen molar-refractivity contribution >= 4 is 33.5 Å². The molecule has 3 aromatic rings. The Kier molecular flexibility index (Phi) is 5.94. The first kappa shape index (κ1) is 20.3. The Bertz CT molecular complexity index is 1130. The van der Waals surface area contributed by atoms with Gasteiger partial charge in [0.15, 0.2) is 0 Å². The molecule has 8 heteroatoms. The Morgan fingerprint density at radius 3 is 2.67 bits per heavy atom. The second-order valence-corrected chi connectivity index (χ2v) is 8.60. The second kappa shape index (κ2) is 8.79. The lowest BCUT2D eigenvalue weighted by atomic mass is 10.1. The SMILES string of the molecule is Cc1c(-c2ccccc2)sc2ncn(CCC(=O)NC(=O)NC3CCCC3)c(=O)c12. The molecule has 30 heavy (non-hydrogen) atoms. The van der Waals surface area contributed by atoms with Crippen molar-refractivity contribution in [3.8, 4) is 10.4 Å². The Balaban J connectivity index is 1.45. The fourth-order valence-electron chi connectivity index (χ4n) is 3.89. The van der Waals surface area contributed by atoms with Crippen LogP contribution in [-0.4, -0.2) is 27.5 Å². The number of hydrogen-bond acceptors (Lipinski definition) is 5. The molecule has 7 nitrogen and oxygen atoms in total. The number of nitrogens with zero attached hydrogens (tertiary/aromatic N) is 2. The van der Waals surface area contributed by atoms with Crippen LogP contribution < -0.4 is 16.2 Å². The normalized spacial score (nSPS) is 14.2. The summed E-state index contributed by atoms with van der Waals surface area (Å²) in [6.07, 6.45) is 5.61. The largest absolute Gasteiger partial charge is 0.335 e. The number of carbonyl (C=O) groups excluding carboxylic acids is 2. The molecule has 2 N–H and O–H groups in total. The minimum Gasteiger partial charge on any atom is -0.335 e. The van der Waals surface area contributed by atoms with Crippen molar-refractivity contribution in [2.75, 3.05) is 0 Å². The molecule has 1 fully saturated rings. The molecule has 0 radical (unpaired) electrons. The lowest BCUT2D eigenvalue weighted by molar-refractivity contribution is -0.120. The summed E-state index contributed by atoms with van der Waals surface area (Å²) in [6, 6.07) is 9.59. The predicted molar refractivity (Wildman–Crippen MR) is 118 cm³/mol. The van der Waals surface area contributed by atoms with E-state index in [-0.39, 0.29) is 24.6 Å². The number of fused-ring (bicyclic) bond motifs is 1. The Morgan fingerprint density at radius 1 is 1.20 bits per heavy atom. The van der Waals surface area contributed by atoms with Gasteiger partial charge in [-0.05, 0) is 30.9 Å². The first-order chi connectivity index (χ1) is 14.5. The molecule has 1 saturated carbocycles. The number of imide groups is 1. The molecule has 0 aliphatic heterocycles. The summed E-state index contributed by atoms with van der Waals surface area (Å²) in [5.74, 6) is -0.412. The number of aromatic nitrogens is 2. The quantitative estimate of drug-likeness (QED) is 0.655. The van der Waals surface area contributed by atoms with Gasteiger partial charge in [-0.1, -0.05) is 43.2 Å². The molecule has 0 spiro atoms. The van der Waals surface area contributed by atoms with E-state index >= 15 is 0 Å². The molecule has 1 aliphatic rings. The molecular weight excluding hydrogens is 400 g/mol. The summed E-state index contributed by atoms with van der Waals surface area (Å²) in [6.45, 7) is 2.09. The first-order valence-corrected chi connectivity index (χ1v) is 11.0. The van der Waals surface area contributed by atoms with Crippen LogP contribution in [0.2, 0.25) is 0 Å². The van der Waals surface area contributed by atoms with Gasteiger partial charge in [-0.3, -0.25) is 19.5 Å². The molecular formula is C22H24N4O3S. The maximum atomic E-state index is 13.0. The molecule has 1 aromatic carbocycles. The summed E-state index contributed by atoms with van der Waals surface area (Å²) in [4.78, 5) is 43.2. The van der Waals surface area contributed by atoms with Crippen molar-refractivity contribution in [3.63, 3.8) is 0 Å². The molecule has 0 unspecified atom stereocenters. The molecule has 0 atom stereocenters. The Labute approximate surface area is 178 Å². The molecule has 4 rings (SSSR count). The minimum absolute atomic E-state index is 0.0277. The van der Waals surface area contributed by atoms with Crippen molar-refractivity contribution in [2.24, 2.45) is 0 Å². The van der Waals surface area contributed by atoms with Gasteiger partial charge < -0.3 is 5.32 Å². The Hall–Kier alpha value is -3.00. The van der Waals surface area contributed by atoms with E-state index in [0.717, 1.165) is 41.7 Å². The first-order valence-electron chi connectivity index (χ1n) is 10.2. The number of aryl methyl sites for hydroxylation is 2. The van der Waals surface area contributed by atoms with E-state index in [1.165, 1.54) is 22.2 Å². The monoisotopic (exact) mass is 424 g/mol. The van der Waals surface area contributed by atoms with E-state index < -0.39 is 11.9 Å². The van der Waals surface area contributed by atoms with Gasteiger partial charge in [0.2, 0.25) is 5.91 Å². The molecule has 2 heterocycles. The van der Waals surface area contributed by atoms with Crippen LogP contribution in [0.4, 0.5) is 4.79 Å². The number of carbonyl (C=O) groups is 2. The number of urea groups is 1. The van der Waals surface area contributed by atoms with Gasteiger partial charge in [0.05, 0.1) is 11.7 Å². The van der Waals surface area contributed by atoms with E-state index in [2.05, 4.69) is 15.6 Å². The highest BCUT2D eigenvalue weighted by molar-refractivity contribution is 7.22. The van der Waals surface area contributed by atoms with Crippen LogP contribution in [0, 0.1) is 6.92 Å². The van der Waals surface area contributed by atoms with Gasteiger partial charge in [-0.15, -0.1) is 11.3 Å². The van der Waals surface area contributed by atoms with Crippen LogP contribution in [0.3, 0.4) is 0 Å². The zero-order chi connectivity index (χ0) is 21.1. The number of amides is 3. The third kappa shape index (κ3) is 4.28. The van der Waals surface area contributed by atoms with E-state index in [9.17, 15) is 14.4 Å². The van der Waals surface area contributed by atoms with Gasteiger partial charge in [-0.2, -0.15) is 0 Å². The van der Waals surface area contributed by atoms with E-state index in [1.54, 1.807) is 0 Å². The number of benzene rings is 1. The Morgan fingerprint density at radius 2 is 1.93 bits per heavy atom. The number of thiophene rings is 1. The third-order valence-corrected chi connectivity index (χ3v) is 6.73. The number of rotatable bonds is 5. The van der Waals surface area contributed by atoms with Crippen molar-refractivity contribution < 1.29 is 9.59 Å². The predicted octanol–water partition coefficient (Wildman–Crippen LogP) is 3.59. The van der Waals surface area contributed by atoms with Gasteiger partial charge in [-0.25, -0.2) is 9.78 Å².